The third-order valence-corrected chi connectivity index (χ3v) is 8.34. The van der Waals surface area contributed by atoms with E-state index in [1.807, 2.05) is 43.3 Å². The van der Waals surface area contributed by atoms with E-state index in [9.17, 15) is 9.59 Å². The fourth-order valence-electron chi connectivity index (χ4n) is 4.37. The lowest BCUT2D eigenvalue weighted by Crippen LogP contribution is -2.42. The first-order chi connectivity index (χ1) is 16.1. The van der Waals surface area contributed by atoms with E-state index in [1.54, 1.807) is 0 Å². The topological polar surface area (TPSA) is 65.1 Å². The average Bonchev–Trinajstić information content (AvgIpc) is 3.32. The number of cyclic esters (lactones) is 1. The molecule has 0 unspecified atom stereocenters. The second-order valence-corrected chi connectivity index (χ2v) is 16.6. The lowest BCUT2D eigenvalue weighted by atomic mass is 9.99. The Labute approximate surface area is 205 Å². The number of hydrogen-bond donors (Lipinski definition) is 0. The van der Waals surface area contributed by atoms with E-state index < -0.39 is 14.2 Å². The van der Waals surface area contributed by atoms with Crippen molar-refractivity contribution in [2.24, 2.45) is 11.8 Å². The van der Waals surface area contributed by atoms with Crippen LogP contribution in [0.1, 0.15) is 38.7 Å². The highest BCUT2D eigenvalue weighted by Crippen LogP contribution is 2.30. The van der Waals surface area contributed by atoms with Crippen LogP contribution >= 0.6 is 0 Å². The average molecular weight is 488 g/mol. The molecule has 2 aliphatic heterocycles. The summed E-state index contributed by atoms with van der Waals surface area (Å²) in [6.45, 7) is 12.2. The quantitative estimate of drug-likeness (QED) is 0.298. The lowest BCUT2D eigenvalue weighted by Gasteiger charge is -2.22. The zero-order valence-corrected chi connectivity index (χ0v) is 22.4. The first-order valence-corrected chi connectivity index (χ1v) is 16.3. The van der Waals surface area contributed by atoms with Gasteiger partial charge in [0.15, 0.2) is 6.29 Å². The van der Waals surface area contributed by atoms with E-state index in [2.05, 4.69) is 32.6 Å². The van der Waals surface area contributed by atoms with E-state index >= 15 is 0 Å². The van der Waals surface area contributed by atoms with Crippen molar-refractivity contribution < 1.29 is 23.8 Å². The predicted octanol–water partition coefficient (Wildman–Crippen LogP) is 5.65. The van der Waals surface area contributed by atoms with Crippen LogP contribution in [-0.4, -0.2) is 56.6 Å². The Hall–Kier alpha value is -1.96. The highest BCUT2D eigenvalue weighted by atomic mass is 28.3. The molecule has 0 bridgehead atoms. The summed E-state index contributed by atoms with van der Waals surface area (Å²) < 4.78 is 17.3. The molecule has 0 N–H and O–H groups in total. The van der Waals surface area contributed by atoms with E-state index in [1.165, 1.54) is 4.90 Å². The largest absolute Gasteiger partial charge is 0.447 e. The molecule has 2 amide bonds. The summed E-state index contributed by atoms with van der Waals surface area (Å²) in [4.78, 5) is 26.6. The van der Waals surface area contributed by atoms with Crippen LogP contribution in [0.25, 0.3) is 0 Å². The molecule has 0 spiro atoms. The number of carbonyl (C=O) groups is 2. The molecule has 34 heavy (non-hydrogen) atoms. The number of rotatable bonds is 11. The first-order valence-electron chi connectivity index (χ1n) is 12.6. The van der Waals surface area contributed by atoms with Gasteiger partial charge in [0.2, 0.25) is 5.91 Å². The van der Waals surface area contributed by atoms with E-state index in [4.69, 9.17) is 14.2 Å². The summed E-state index contributed by atoms with van der Waals surface area (Å²) in [5.74, 6) is -0.0205. The van der Waals surface area contributed by atoms with Crippen LogP contribution in [0.5, 0.6) is 0 Å². The van der Waals surface area contributed by atoms with Gasteiger partial charge in [0, 0.05) is 27.0 Å². The predicted molar refractivity (Wildman–Crippen MR) is 136 cm³/mol. The Morgan fingerprint density at radius 1 is 1.24 bits per heavy atom. The number of benzene rings is 1. The maximum atomic E-state index is 13.0. The Morgan fingerprint density at radius 2 is 1.97 bits per heavy atom. The van der Waals surface area contributed by atoms with Gasteiger partial charge >= 0.3 is 6.09 Å². The molecule has 0 radical (unpaired) electrons. The summed E-state index contributed by atoms with van der Waals surface area (Å²) in [5.41, 5.74) is 1.09. The molecule has 2 heterocycles. The van der Waals surface area contributed by atoms with Crippen molar-refractivity contribution in [2.45, 2.75) is 83.7 Å². The zero-order chi connectivity index (χ0) is 24.7. The molecule has 2 aliphatic rings. The smallest absolute Gasteiger partial charge is 0.416 e. The Kier molecular flexibility index (Phi) is 9.51. The minimum Gasteiger partial charge on any atom is -0.447 e. The second kappa shape index (κ2) is 12.1. The fourth-order valence-corrected chi connectivity index (χ4v) is 5.10. The molecule has 2 saturated heterocycles. The highest BCUT2D eigenvalue weighted by molar-refractivity contribution is 6.76. The van der Waals surface area contributed by atoms with Crippen molar-refractivity contribution in [1.82, 2.24) is 4.90 Å². The monoisotopic (exact) mass is 487 g/mol. The Bertz CT molecular complexity index is 837. The number of ether oxygens (including phenoxy) is 3. The molecular formula is C27H41NO5Si. The van der Waals surface area contributed by atoms with Crippen molar-refractivity contribution >= 4 is 20.1 Å². The van der Waals surface area contributed by atoms with Crippen LogP contribution in [0.3, 0.4) is 0 Å². The number of allylic oxidation sites excluding steroid dienone is 1. The summed E-state index contributed by atoms with van der Waals surface area (Å²) >= 11 is 0. The molecule has 2 fully saturated rings. The van der Waals surface area contributed by atoms with Crippen LogP contribution in [0.2, 0.25) is 25.7 Å². The van der Waals surface area contributed by atoms with E-state index in [-0.39, 0.29) is 36.9 Å². The molecule has 0 aromatic heterocycles. The molecule has 3 rings (SSSR count). The van der Waals surface area contributed by atoms with Gasteiger partial charge in [-0.15, -0.1) is 0 Å². The fraction of sp³-hybridized carbons (Fsp3) is 0.630. The van der Waals surface area contributed by atoms with Crippen LogP contribution in [-0.2, 0) is 25.4 Å². The van der Waals surface area contributed by atoms with Crippen molar-refractivity contribution in [2.75, 3.05) is 13.2 Å². The van der Waals surface area contributed by atoms with Gasteiger partial charge in [0.1, 0.15) is 6.61 Å². The molecule has 1 aromatic carbocycles. The number of hydrogen-bond acceptors (Lipinski definition) is 5. The standard InChI is InChI=1S/C27H41NO5Si/c1-20(26(29)28-23(19-32-27(28)30)18-22-12-7-6-8-13-22)11-9-10-14-24-21(2)17-25(33-24)31-15-16-34(3,4)5/h6-10,12-13,20-21,23-25H,11,14-19H2,1-5H3/b10-9+/t20-,21-,23+,24-,25+/m0/s1. The van der Waals surface area contributed by atoms with Gasteiger partial charge in [0.25, 0.3) is 0 Å². The summed E-state index contributed by atoms with van der Waals surface area (Å²) in [5, 5.41) is 0. The third-order valence-electron chi connectivity index (χ3n) is 6.64. The van der Waals surface area contributed by atoms with Crippen LogP contribution < -0.4 is 0 Å². The van der Waals surface area contributed by atoms with Gasteiger partial charge in [-0.2, -0.15) is 0 Å². The molecule has 7 heteroatoms. The number of carbonyl (C=O) groups excluding carboxylic acids is 2. The number of amides is 2. The van der Waals surface area contributed by atoms with Gasteiger partial charge in [-0.3, -0.25) is 4.79 Å². The zero-order valence-electron chi connectivity index (χ0n) is 21.4. The van der Waals surface area contributed by atoms with Gasteiger partial charge in [0.05, 0.1) is 12.1 Å². The number of nitrogens with zero attached hydrogens (tertiary/aromatic N) is 1. The molecule has 0 aliphatic carbocycles. The van der Waals surface area contributed by atoms with Crippen LogP contribution in [0.15, 0.2) is 42.5 Å². The molecule has 1 aromatic rings. The minimum atomic E-state index is -1.10. The van der Waals surface area contributed by atoms with Crippen molar-refractivity contribution in [1.29, 1.82) is 0 Å². The number of imide groups is 1. The molecule has 6 nitrogen and oxygen atoms in total. The van der Waals surface area contributed by atoms with E-state index in [0.29, 0.717) is 18.8 Å². The third kappa shape index (κ3) is 7.78. The van der Waals surface area contributed by atoms with Gasteiger partial charge in [-0.1, -0.05) is 76.0 Å². The lowest BCUT2D eigenvalue weighted by molar-refractivity contribution is -0.132. The maximum Gasteiger partial charge on any atom is 0.416 e. The Morgan fingerprint density at radius 3 is 2.68 bits per heavy atom. The van der Waals surface area contributed by atoms with Gasteiger partial charge in [-0.05, 0) is 36.8 Å². The summed E-state index contributed by atoms with van der Waals surface area (Å²) in [6, 6.07) is 10.8. The Balaban J connectivity index is 1.43. The SMILES string of the molecule is C[C@@H](C/C=C/C[C@@H]1O[C@@H](OCC[Si](C)(C)C)C[C@@H]1C)C(=O)N1C(=O)OC[C@H]1Cc1ccccc1. The van der Waals surface area contributed by atoms with Crippen molar-refractivity contribution in [3.05, 3.63) is 48.0 Å². The highest BCUT2D eigenvalue weighted by Gasteiger charge is 2.39. The van der Waals surface area contributed by atoms with Crippen LogP contribution in [0.4, 0.5) is 4.79 Å². The van der Waals surface area contributed by atoms with E-state index in [0.717, 1.165) is 31.1 Å². The van der Waals surface area contributed by atoms with Crippen molar-refractivity contribution in [3.8, 4) is 0 Å². The second-order valence-electron chi connectivity index (χ2n) is 11.0. The van der Waals surface area contributed by atoms with Gasteiger partial charge < -0.3 is 14.2 Å². The minimum absolute atomic E-state index is 0.104. The van der Waals surface area contributed by atoms with Crippen molar-refractivity contribution in [3.63, 3.8) is 0 Å². The molecule has 188 valence electrons. The summed E-state index contributed by atoms with van der Waals surface area (Å²) in [6.07, 6.45) is 6.56. The normalized spacial score (nSPS) is 26.3. The first kappa shape index (κ1) is 26.6. The van der Waals surface area contributed by atoms with Crippen LogP contribution in [0, 0.1) is 11.8 Å². The molecule has 5 atom stereocenters. The van der Waals surface area contributed by atoms with Gasteiger partial charge in [-0.25, -0.2) is 9.69 Å². The summed E-state index contributed by atoms with van der Waals surface area (Å²) in [7, 11) is -1.10. The maximum absolute atomic E-state index is 13.0. The molecular weight excluding hydrogens is 446 g/mol. The molecule has 0 saturated carbocycles.